The summed E-state index contributed by atoms with van der Waals surface area (Å²) in [6, 6.07) is 0. The second-order valence-corrected chi connectivity index (χ2v) is 4.82. The Hall–Kier alpha value is -0.810. The Balaban J connectivity index is 4.15. The van der Waals surface area contributed by atoms with Gasteiger partial charge in [-0.05, 0) is 38.4 Å². The fourth-order valence-electron chi connectivity index (χ4n) is 1.56. The second-order valence-electron chi connectivity index (χ2n) is 4.62. The molecule has 0 atom stereocenters. The van der Waals surface area contributed by atoms with E-state index in [4.69, 9.17) is 10.1 Å². The van der Waals surface area contributed by atoms with Gasteiger partial charge in [-0.1, -0.05) is 39.7 Å². The predicted octanol–water partition coefficient (Wildman–Crippen LogP) is 3.35. The van der Waals surface area contributed by atoms with Crippen LogP contribution in [0.1, 0.15) is 39.5 Å². The van der Waals surface area contributed by atoms with Gasteiger partial charge in [0.2, 0.25) is 5.90 Å². The monoisotopic (exact) mass is 285 g/mol. The molecule has 0 saturated carbocycles. The zero-order valence-corrected chi connectivity index (χ0v) is 13.3. The van der Waals surface area contributed by atoms with Crippen molar-refractivity contribution in [2.75, 3.05) is 26.7 Å². The third kappa shape index (κ3) is 8.06. The van der Waals surface area contributed by atoms with Gasteiger partial charge in [-0.25, -0.2) is 4.40 Å². The lowest BCUT2D eigenvalue weighted by atomic mass is 10.1. The average molecular weight is 285 g/mol. The van der Waals surface area contributed by atoms with Gasteiger partial charge >= 0.3 is 0 Å². The van der Waals surface area contributed by atoms with Crippen LogP contribution in [0, 0.1) is 5.41 Å². The molecule has 0 saturated heterocycles. The van der Waals surface area contributed by atoms with Crippen LogP contribution in [-0.2, 0) is 4.74 Å². The summed E-state index contributed by atoms with van der Waals surface area (Å²) < 4.78 is 9.23. The van der Waals surface area contributed by atoms with Crippen LogP contribution < -0.4 is 0 Å². The van der Waals surface area contributed by atoms with Crippen molar-refractivity contribution in [3.05, 3.63) is 12.2 Å². The third-order valence-corrected chi connectivity index (χ3v) is 3.09. The summed E-state index contributed by atoms with van der Waals surface area (Å²) >= 11 is 3.91. The Morgan fingerprint density at radius 3 is 2.53 bits per heavy atom. The Kier molecular flexibility index (Phi) is 10.6. The molecule has 0 rings (SSSR count). The first kappa shape index (κ1) is 18.2. The smallest absolute Gasteiger partial charge is 0.233 e. The van der Waals surface area contributed by atoms with Gasteiger partial charge in [-0.2, -0.15) is 0 Å². The minimum atomic E-state index is 0.0704. The maximum absolute atomic E-state index is 7.88. The van der Waals surface area contributed by atoms with Crippen LogP contribution >= 0.6 is 12.8 Å². The van der Waals surface area contributed by atoms with Crippen molar-refractivity contribution in [1.82, 2.24) is 4.90 Å². The highest BCUT2D eigenvalue weighted by atomic mass is 32.1. The molecule has 110 valence electrons. The number of hydrogen-bond donors (Lipinski definition) is 2. The molecule has 0 aliphatic heterocycles. The second kappa shape index (κ2) is 11.1. The molecule has 0 amide bonds. The molecule has 5 heteroatoms. The van der Waals surface area contributed by atoms with Crippen molar-refractivity contribution in [2.45, 2.75) is 39.5 Å². The van der Waals surface area contributed by atoms with Crippen LogP contribution in [0.15, 0.2) is 16.5 Å². The van der Waals surface area contributed by atoms with E-state index in [1.807, 2.05) is 7.05 Å². The van der Waals surface area contributed by atoms with E-state index in [9.17, 15) is 0 Å². The number of likely N-dealkylation sites (N-methyl/N-ethyl adjacent to an activating group) is 1. The van der Waals surface area contributed by atoms with Crippen LogP contribution in [0.3, 0.4) is 0 Å². The summed E-state index contributed by atoms with van der Waals surface area (Å²) in [5, 5.41) is 7.88. The van der Waals surface area contributed by atoms with E-state index in [-0.39, 0.29) is 5.90 Å². The van der Waals surface area contributed by atoms with Crippen LogP contribution in [-0.4, -0.2) is 43.3 Å². The Labute approximate surface area is 123 Å². The lowest BCUT2D eigenvalue weighted by molar-refractivity contribution is 0.295. The van der Waals surface area contributed by atoms with Crippen LogP contribution in [0.2, 0.25) is 0 Å². The van der Waals surface area contributed by atoms with E-state index in [1.165, 1.54) is 12.8 Å². The largest absolute Gasteiger partial charge is 0.477 e. The molecule has 0 unspecified atom stereocenters. The summed E-state index contributed by atoms with van der Waals surface area (Å²) in [4.78, 5) is 2.09. The average Bonchev–Trinajstić information content (AvgIpc) is 2.39. The summed E-state index contributed by atoms with van der Waals surface area (Å²) in [6.45, 7) is 10.3. The van der Waals surface area contributed by atoms with Crippen LogP contribution in [0.5, 0.6) is 0 Å². The molecule has 0 aromatic rings. The minimum absolute atomic E-state index is 0.0704. The van der Waals surface area contributed by atoms with Crippen LogP contribution in [0.25, 0.3) is 0 Å². The Morgan fingerprint density at radius 1 is 1.32 bits per heavy atom. The van der Waals surface area contributed by atoms with Gasteiger partial charge in [-0.15, -0.1) is 0 Å². The number of hydrogen-bond acceptors (Lipinski definition) is 5. The van der Waals surface area contributed by atoms with Crippen LogP contribution in [0.4, 0.5) is 0 Å². The molecular weight excluding hydrogens is 258 g/mol. The number of nitrogens with zero attached hydrogens (tertiary/aromatic N) is 2. The topological polar surface area (TPSA) is 48.7 Å². The van der Waals surface area contributed by atoms with Crippen molar-refractivity contribution >= 4 is 24.4 Å². The molecule has 0 aromatic carbocycles. The Bertz CT molecular complexity index is 316. The lowest BCUT2D eigenvalue weighted by Gasteiger charge is -2.17. The molecule has 0 aliphatic rings. The summed E-state index contributed by atoms with van der Waals surface area (Å²) in [7, 11) is 2.00. The first-order valence-electron chi connectivity index (χ1n) is 6.87. The number of nitrogens with one attached hydrogen (secondary N) is 1. The maximum Gasteiger partial charge on any atom is 0.233 e. The van der Waals surface area contributed by atoms with Crippen molar-refractivity contribution in [3.63, 3.8) is 0 Å². The third-order valence-electron chi connectivity index (χ3n) is 2.89. The van der Waals surface area contributed by atoms with Gasteiger partial charge in [0.1, 0.15) is 5.71 Å². The Morgan fingerprint density at radius 2 is 2.00 bits per heavy atom. The lowest BCUT2D eigenvalue weighted by Crippen LogP contribution is -2.27. The quantitative estimate of drug-likeness (QED) is 0.280. The highest BCUT2D eigenvalue weighted by Gasteiger charge is 2.13. The fraction of sp³-hybridized carbons (Fsp3) is 0.714. The molecule has 0 aliphatic carbocycles. The van der Waals surface area contributed by atoms with E-state index >= 15 is 0 Å². The van der Waals surface area contributed by atoms with E-state index in [0.29, 0.717) is 18.9 Å². The highest BCUT2D eigenvalue weighted by Crippen LogP contribution is 2.05. The first-order chi connectivity index (χ1) is 9.06. The summed E-state index contributed by atoms with van der Waals surface area (Å²) in [5.74, 6) is 0.0704. The summed E-state index contributed by atoms with van der Waals surface area (Å²) in [6.07, 6.45) is 4.51. The number of ether oxygens (including phenoxy) is 1. The number of thiol groups is 1. The molecule has 0 spiro atoms. The molecule has 0 aromatic heterocycles. The van der Waals surface area contributed by atoms with Gasteiger partial charge in [0.05, 0.1) is 6.61 Å². The van der Waals surface area contributed by atoms with E-state index in [0.717, 1.165) is 25.0 Å². The van der Waals surface area contributed by atoms with Crippen molar-refractivity contribution in [1.29, 1.82) is 5.41 Å². The van der Waals surface area contributed by atoms with Gasteiger partial charge < -0.3 is 9.64 Å². The van der Waals surface area contributed by atoms with Crippen molar-refractivity contribution in [3.8, 4) is 0 Å². The molecule has 0 heterocycles. The van der Waals surface area contributed by atoms with Gasteiger partial charge in [0, 0.05) is 6.54 Å². The first-order valence-corrected chi connectivity index (χ1v) is 7.27. The maximum atomic E-state index is 7.88. The normalized spacial score (nSPS) is 11.7. The fourth-order valence-corrected chi connectivity index (χ4v) is 1.79. The summed E-state index contributed by atoms with van der Waals surface area (Å²) in [5.41, 5.74) is 1.21. The molecular formula is C14H27N3OS. The van der Waals surface area contributed by atoms with E-state index in [1.54, 1.807) is 0 Å². The van der Waals surface area contributed by atoms with Gasteiger partial charge in [0.15, 0.2) is 0 Å². The van der Waals surface area contributed by atoms with E-state index < -0.39 is 0 Å². The molecule has 1 N–H and O–H groups in total. The van der Waals surface area contributed by atoms with Gasteiger partial charge in [-0.3, -0.25) is 5.41 Å². The van der Waals surface area contributed by atoms with E-state index in [2.05, 4.69) is 42.5 Å². The highest BCUT2D eigenvalue weighted by molar-refractivity contribution is 7.79. The molecule has 0 fully saturated rings. The molecule has 4 nitrogen and oxygen atoms in total. The molecule has 0 bridgehead atoms. The van der Waals surface area contributed by atoms with Crippen molar-refractivity contribution < 1.29 is 4.74 Å². The van der Waals surface area contributed by atoms with Gasteiger partial charge in [0.25, 0.3) is 0 Å². The predicted molar refractivity (Wildman–Crippen MR) is 86.6 cm³/mol. The number of unbranched alkanes of at least 4 members (excludes halogenated alkanes) is 3. The SMILES string of the molecule is C=C(CN(C)CC)/C(=N/S)C(=N)OCCCCCC. The zero-order valence-electron chi connectivity index (χ0n) is 12.4. The molecule has 19 heavy (non-hydrogen) atoms. The minimum Gasteiger partial charge on any atom is -0.477 e. The molecule has 0 radical (unpaired) electrons. The standard InChI is InChI=1S/C14H27N3OS/c1-5-7-8-9-10-18-14(15)13(16-19)12(3)11-17(4)6-2/h15,19H,3,5-11H2,1-2,4H3/b15-14?,16-13-. The number of rotatable bonds is 10. The van der Waals surface area contributed by atoms with Crippen molar-refractivity contribution in [2.24, 2.45) is 4.40 Å². The zero-order chi connectivity index (χ0) is 14.7.